The van der Waals surface area contributed by atoms with Crippen molar-refractivity contribution in [3.8, 4) is 5.75 Å². The summed E-state index contributed by atoms with van der Waals surface area (Å²) < 4.78 is 43.1. The van der Waals surface area contributed by atoms with E-state index in [0.29, 0.717) is 6.54 Å². The van der Waals surface area contributed by atoms with E-state index in [2.05, 4.69) is 5.32 Å². The van der Waals surface area contributed by atoms with Gasteiger partial charge in [-0.25, -0.2) is 4.39 Å². The Hall–Kier alpha value is -3.19. The summed E-state index contributed by atoms with van der Waals surface area (Å²) in [5.74, 6) is -1.58. The van der Waals surface area contributed by atoms with Crippen LogP contribution in [0, 0.1) is 5.82 Å². The lowest BCUT2D eigenvalue weighted by molar-refractivity contribution is 0.0949. The van der Waals surface area contributed by atoms with Crippen molar-refractivity contribution in [1.29, 1.82) is 0 Å². The molecule has 28 heavy (non-hydrogen) atoms. The molecule has 0 fully saturated rings. The van der Waals surface area contributed by atoms with Crippen molar-refractivity contribution in [3.05, 3.63) is 101 Å². The van der Waals surface area contributed by atoms with Gasteiger partial charge in [-0.1, -0.05) is 54.6 Å². The lowest BCUT2D eigenvalue weighted by Gasteiger charge is -2.12. The molecule has 0 saturated heterocycles. The van der Waals surface area contributed by atoms with Gasteiger partial charge in [-0.05, 0) is 35.4 Å². The van der Waals surface area contributed by atoms with Crippen LogP contribution < -0.4 is 9.50 Å². The van der Waals surface area contributed by atoms with Crippen LogP contribution in [0.3, 0.4) is 0 Å². The average molecular weight is 399 g/mol. The number of hydrogen-bond donors (Lipinski definition) is 1. The molecule has 3 rings (SSSR count). The quantitative estimate of drug-likeness (QED) is 0.616. The molecule has 0 saturated carbocycles. The zero-order valence-corrected chi connectivity index (χ0v) is 15.7. The molecule has 0 spiro atoms. The molecule has 0 heterocycles. The van der Waals surface area contributed by atoms with Crippen molar-refractivity contribution in [3.63, 3.8) is 0 Å². The molecule has 3 aromatic rings. The first kappa shape index (κ1) is 19.6. The first-order chi connectivity index (χ1) is 13.4. The standard InChI is InChI=1S/C21H18FNO4S/c22-18-10-6-9-17(13-18)15-28(25,26)27-20-12-5-4-11-19(20)21(24)23-14-16-7-2-1-3-8-16/h1-13H,14-15H2,(H,23,24). The van der Waals surface area contributed by atoms with Gasteiger partial charge < -0.3 is 9.50 Å². The zero-order valence-electron chi connectivity index (χ0n) is 14.8. The maximum atomic E-state index is 13.3. The molecule has 0 aromatic heterocycles. The SMILES string of the molecule is O=C(NCc1ccccc1)c1ccccc1OS(=O)(=O)Cc1cccc(F)c1. The van der Waals surface area contributed by atoms with E-state index >= 15 is 0 Å². The molecular weight excluding hydrogens is 381 g/mol. The maximum absolute atomic E-state index is 13.3. The molecule has 0 radical (unpaired) electrons. The summed E-state index contributed by atoms with van der Waals surface area (Å²) in [5.41, 5.74) is 1.26. The predicted octanol–water partition coefficient (Wildman–Crippen LogP) is 3.66. The monoisotopic (exact) mass is 399 g/mol. The summed E-state index contributed by atoms with van der Waals surface area (Å²) in [6.45, 7) is 0.296. The highest BCUT2D eigenvalue weighted by atomic mass is 32.2. The highest BCUT2D eigenvalue weighted by molar-refractivity contribution is 7.86. The van der Waals surface area contributed by atoms with Crippen molar-refractivity contribution in [1.82, 2.24) is 5.32 Å². The number of carbonyl (C=O) groups is 1. The molecular formula is C21H18FNO4S. The second-order valence-electron chi connectivity index (χ2n) is 6.08. The molecule has 7 heteroatoms. The average Bonchev–Trinajstić information content (AvgIpc) is 2.66. The maximum Gasteiger partial charge on any atom is 0.313 e. The fraction of sp³-hybridized carbons (Fsp3) is 0.0952. The molecule has 1 N–H and O–H groups in total. The number of nitrogens with one attached hydrogen (secondary N) is 1. The molecule has 0 aliphatic rings. The van der Waals surface area contributed by atoms with E-state index in [0.717, 1.165) is 11.6 Å². The van der Waals surface area contributed by atoms with Gasteiger partial charge >= 0.3 is 10.1 Å². The molecule has 3 aromatic carbocycles. The Morgan fingerprint density at radius 3 is 2.32 bits per heavy atom. The Kier molecular flexibility index (Phi) is 6.06. The van der Waals surface area contributed by atoms with E-state index in [1.54, 1.807) is 12.1 Å². The number of amides is 1. The lowest BCUT2D eigenvalue weighted by atomic mass is 10.1. The van der Waals surface area contributed by atoms with E-state index in [1.165, 1.54) is 30.3 Å². The van der Waals surface area contributed by atoms with E-state index < -0.39 is 27.6 Å². The van der Waals surface area contributed by atoms with Crippen LogP contribution in [0.5, 0.6) is 5.75 Å². The van der Waals surface area contributed by atoms with Gasteiger partial charge in [0.2, 0.25) is 0 Å². The topological polar surface area (TPSA) is 72.5 Å². The van der Waals surface area contributed by atoms with Crippen LogP contribution in [-0.4, -0.2) is 14.3 Å². The van der Waals surface area contributed by atoms with Gasteiger partial charge in [-0.2, -0.15) is 8.42 Å². The van der Waals surface area contributed by atoms with Gasteiger partial charge in [0.1, 0.15) is 11.6 Å². The van der Waals surface area contributed by atoms with Crippen LogP contribution in [0.1, 0.15) is 21.5 Å². The molecule has 0 bridgehead atoms. The van der Waals surface area contributed by atoms with Gasteiger partial charge in [-0.3, -0.25) is 4.79 Å². The summed E-state index contributed by atoms with van der Waals surface area (Å²) >= 11 is 0. The van der Waals surface area contributed by atoms with Crippen LogP contribution in [0.15, 0.2) is 78.9 Å². The highest BCUT2D eigenvalue weighted by Crippen LogP contribution is 2.21. The molecule has 1 amide bonds. The molecule has 0 atom stereocenters. The second-order valence-corrected chi connectivity index (χ2v) is 7.65. The summed E-state index contributed by atoms with van der Waals surface area (Å²) in [5, 5.41) is 2.74. The first-order valence-corrected chi connectivity index (χ1v) is 10.1. The fourth-order valence-electron chi connectivity index (χ4n) is 2.60. The largest absolute Gasteiger partial charge is 0.381 e. The number of benzene rings is 3. The minimum absolute atomic E-state index is 0.0792. The Morgan fingerprint density at radius 1 is 0.893 bits per heavy atom. The molecule has 0 aliphatic carbocycles. The van der Waals surface area contributed by atoms with Gasteiger partial charge in [0.05, 0.1) is 5.56 Å². The summed E-state index contributed by atoms with van der Waals surface area (Å²) in [6, 6.07) is 20.7. The predicted molar refractivity (Wildman–Crippen MR) is 104 cm³/mol. The number of para-hydroxylation sites is 1. The normalized spacial score (nSPS) is 11.0. The Morgan fingerprint density at radius 2 is 1.57 bits per heavy atom. The summed E-state index contributed by atoms with van der Waals surface area (Å²) in [6.07, 6.45) is 0. The lowest BCUT2D eigenvalue weighted by Crippen LogP contribution is -2.24. The second kappa shape index (κ2) is 8.67. The minimum Gasteiger partial charge on any atom is -0.381 e. The summed E-state index contributed by atoms with van der Waals surface area (Å²) in [4.78, 5) is 12.5. The van der Waals surface area contributed by atoms with Crippen LogP contribution in [0.4, 0.5) is 4.39 Å². The highest BCUT2D eigenvalue weighted by Gasteiger charge is 2.19. The van der Waals surface area contributed by atoms with Gasteiger partial charge in [-0.15, -0.1) is 0 Å². The summed E-state index contributed by atoms with van der Waals surface area (Å²) in [7, 11) is -4.07. The van der Waals surface area contributed by atoms with Crippen molar-refractivity contribution < 1.29 is 21.8 Å². The Labute approximate surface area is 162 Å². The number of hydrogen-bond acceptors (Lipinski definition) is 4. The van der Waals surface area contributed by atoms with Crippen LogP contribution in [-0.2, 0) is 22.4 Å². The van der Waals surface area contributed by atoms with E-state index in [-0.39, 0.29) is 16.9 Å². The van der Waals surface area contributed by atoms with E-state index in [1.807, 2.05) is 30.3 Å². The Bertz CT molecular complexity index is 1070. The van der Waals surface area contributed by atoms with Crippen molar-refractivity contribution >= 4 is 16.0 Å². The zero-order chi connectivity index (χ0) is 20.0. The number of halogens is 1. The van der Waals surface area contributed by atoms with Crippen LogP contribution in [0.25, 0.3) is 0 Å². The third-order valence-electron chi connectivity index (χ3n) is 3.88. The van der Waals surface area contributed by atoms with Gasteiger partial charge in [0, 0.05) is 6.54 Å². The van der Waals surface area contributed by atoms with Crippen molar-refractivity contribution in [2.24, 2.45) is 0 Å². The molecule has 144 valence electrons. The van der Waals surface area contributed by atoms with Crippen molar-refractivity contribution in [2.75, 3.05) is 0 Å². The van der Waals surface area contributed by atoms with Gasteiger partial charge in [0.15, 0.2) is 5.75 Å². The van der Waals surface area contributed by atoms with Crippen LogP contribution in [0.2, 0.25) is 0 Å². The molecule has 0 unspecified atom stereocenters. The van der Waals surface area contributed by atoms with E-state index in [4.69, 9.17) is 4.18 Å². The van der Waals surface area contributed by atoms with Crippen molar-refractivity contribution in [2.45, 2.75) is 12.3 Å². The number of rotatable bonds is 7. The smallest absolute Gasteiger partial charge is 0.313 e. The van der Waals surface area contributed by atoms with Gasteiger partial charge in [0.25, 0.3) is 5.91 Å². The molecule has 0 aliphatic heterocycles. The Balaban J connectivity index is 1.73. The third-order valence-corrected chi connectivity index (χ3v) is 5.00. The minimum atomic E-state index is -4.07. The number of carbonyl (C=O) groups excluding carboxylic acids is 1. The third kappa shape index (κ3) is 5.40. The molecule has 5 nitrogen and oxygen atoms in total. The van der Waals surface area contributed by atoms with E-state index in [9.17, 15) is 17.6 Å². The fourth-order valence-corrected chi connectivity index (χ4v) is 3.66. The van der Waals surface area contributed by atoms with Crippen LogP contribution >= 0.6 is 0 Å². The first-order valence-electron chi connectivity index (χ1n) is 8.51.